The second-order valence-electron chi connectivity index (χ2n) is 2.21. The second-order valence-corrected chi connectivity index (χ2v) is 3.90. The maximum absolute atomic E-state index is 9.44. The smallest absolute Gasteiger partial charge is 0.748 e. The monoisotopic (exact) mass is 235 g/mol. The second kappa shape index (κ2) is 10.0. The van der Waals surface area contributed by atoms with Crippen LogP contribution in [0.2, 0.25) is 0 Å². The molecule has 0 aliphatic carbocycles. The van der Waals surface area contributed by atoms with E-state index in [9.17, 15) is 13.0 Å². The summed E-state index contributed by atoms with van der Waals surface area (Å²) in [7, 11) is -3.91. The normalized spacial score (nSPS) is 16.5. The van der Waals surface area contributed by atoms with Gasteiger partial charge in [0.25, 0.3) is 0 Å². The molecule has 0 aromatic carbocycles. The summed E-state index contributed by atoms with van der Waals surface area (Å²) in [5.41, 5.74) is 0. The Morgan fingerprint density at radius 2 is 1.77 bits per heavy atom. The van der Waals surface area contributed by atoms with E-state index in [0.29, 0.717) is 0 Å². The molecule has 1 heterocycles. The average molecular weight is 235 g/mol. The SMILES string of the molecule is C1COCCN1.CCS(=O)(=O)[O-].[K+]. The van der Waals surface area contributed by atoms with Crippen molar-refractivity contribution < 1.29 is 69.1 Å². The van der Waals surface area contributed by atoms with Crippen LogP contribution in [0.1, 0.15) is 6.92 Å². The Balaban J connectivity index is 0. The molecular weight excluding hydrogens is 221 g/mol. The van der Waals surface area contributed by atoms with Crippen LogP contribution in [0.15, 0.2) is 0 Å². The molecule has 13 heavy (non-hydrogen) atoms. The predicted molar refractivity (Wildman–Crippen MR) is 43.9 cm³/mol. The van der Waals surface area contributed by atoms with Crippen molar-refractivity contribution in [1.29, 1.82) is 0 Å². The van der Waals surface area contributed by atoms with Crippen molar-refractivity contribution in [2.24, 2.45) is 0 Å². The van der Waals surface area contributed by atoms with E-state index in [1.54, 1.807) is 0 Å². The van der Waals surface area contributed by atoms with Gasteiger partial charge in [0.05, 0.1) is 23.3 Å². The first-order valence-electron chi connectivity index (χ1n) is 3.78. The first-order chi connectivity index (χ1) is 5.56. The Labute approximate surface area is 122 Å². The molecule has 1 aliphatic rings. The zero-order valence-corrected chi connectivity index (χ0v) is 12.0. The van der Waals surface area contributed by atoms with E-state index in [-0.39, 0.29) is 57.1 Å². The van der Waals surface area contributed by atoms with Crippen LogP contribution >= 0.6 is 0 Å². The summed E-state index contributed by atoms with van der Waals surface area (Å²) in [6, 6.07) is 0. The molecule has 1 N–H and O–H groups in total. The average Bonchev–Trinajstić information content (AvgIpc) is 2.07. The molecule has 0 atom stereocenters. The molecule has 1 saturated heterocycles. The van der Waals surface area contributed by atoms with Crippen LogP contribution in [0.4, 0.5) is 0 Å². The number of hydrogen-bond donors (Lipinski definition) is 1. The maximum atomic E-state index is 9.44. The molecule has 1 fully saturated rings. The van der Waals surface area contributed by atoms with Crippen molar-refractivity contribution in [3.8, 4) is 0 Å². The van der Waals surface area contributed by atoms with Crippen molar-refractivity contribution >= 4 is 10.1 Å². The summed E-state index contributed by atoms with van der Waals surface area (Å²) in [6.07, 6.45) is 0. The Hall–Kier alpha value is 1.47. The fourth-order valence-electron chi connectivity index (χ4n) is 0.516. The van der Waals surface area contributed by atoms with Crippen molar-refractivity contribution in [2.45, 2.75) is 6.92 Å². The van der Waals surface area contributed by atoms with Crippen molar-refractivity contribution in [1.82, 2.24) is 5.32 Å². The number of nitrogens with one attached hydrogen (secondary N) is 1. The van der Waals surface area contributed by atoms with Crippen molar-refractivity contribution in [3.05, 3.63) is 0 Å². The maximum Gasteiger partial charge on any atom is 1.00 e. The molecule has 1 rings (SSSR count). The van der Waals surface area contributed by atoms with Gasteiger partial charge in [-0.25, -0.2) is 8.42 Å². The third-order valence-corrected chi connectivity index (χ3v) is 1.91. The molecule has 0 bridgehead atoms. The van der Waals surface area contributed by atoms with E-state index in [1.807, 2.05) is 0 Å². The molecule has 0 spiro atoms. The third-order valence-electron chi connectivity index (χ3n) is 1.20. The minimum absolute atomic E-state index is 0. The zero-order chi connectivity index (χ0) is 9.45. The Bertz CT molecular complexity index is 179. The Morgan fingerprint density at radius 1 is 1.38 bits per heavy atom. The minimum atomic E-state index is -3.91. The van der Waals surface area contributed by atoms with E-state index in [2.05, 4.69) is 5.32 Å². The van der Waals surface area contributed by atoms with Crippen molar-refractivity contribution in [3.63, 3.8) is 0 Å². The molecule has 0 aromatic heterocycles. The largest absolute Gasteiger partial charge is 1.00 e. The van der Waals surface area contributed by atoms with E-state index in [0.717, 1.165) is 26.3 Å². The van der Waals surface area contributed by atoms with Crippen LogP contribution < -0.4 is 56.7 Å². The zero-order valence-electron chi connectivity index (χ0n) is 8.08. The van der Waals surface area contributed by atoms with Crippen LogP contribution in [0, 0.1) is 0 Å². The molecular formula is C6H14KNO4S. The van der Waals surface area contributed by atoms with Crippen LogP contribution in [0.3, 0.4) is 0 Å². The summed E-state index contributed by atoms with van der Waals surface area (Å²) in [5.74, 6) is -0.312. The van der Waals surface area contributed by atoms with Crippen LogP contribution in [0.5, 0.6) is 0 Å². The van der Waals surface area contributed by atoms with E-state index < -0.39 is 10.1 Å². The van der Waals surface area contributed by atoms with E-state index >= 15 is 0 Å². The van der Waals surface area contributed by atoms with Crippen LogP contribution in [-0.4, -0.2) is 45.0 Å². The fourth-order valence-corrected chi connectivity index (χ4v) is 0.516. The van der Waals surface area contributed by atoms with E-state index in [4.69, 9.17) is 4.74 Å². The topological polar surface area (TPSA) is 78.5 Å². The number of morpholine rings is 1. The van der Waals surface area contributed by atoms with Gasteiger partial charge in [0.2, 0.25) is 0 Å². The summed E-state index contributed by atoms with van der Waals surface area (Å²) < 4.78 is 33.3. The molecule has 74 valence electrons. The molecule has 0 unspecified atom stereocenters. The molecule has 7 heteroatoms. The summed E-state index contributed by atoms with van der Waals surface area (Å²) in [6.45, 7) is 5.14. The van der Waals surface area contributed by atoms with Gasteiger partial charge in [-0.1, -0.05) is 6.92 Å². The minimum Gasteiger partial charge on any atom is -0.748 e. The van der Waals surface area contributed by atoms with Gasteiger partial charge in [0.15, 0.2) is 0 Å². The fraction of sp³-hybridized carbons (Fsp3) is 1.00. The molecule has 5 nitrogen and oxygen atoms in total. The molecule has 0 aromatic rings. The first-order valence-corrected chi connectivity index (χ1v) is 5.36. The first kappa shape index (κ1) is 16.9. The van der Waals surface area contributed by atoms with Gasteiger partial charge < -0.3 is 14.6 Å². The quantitative estimate of drug-likeness (QED) is 0.372. The standard InChI is InChI=1S/C4H9NO.C2H6O3S.K/c1-3-6-4-2-5-1;1-2-6(3,4)5;/h5H,1-4H2;2H2,1H3,(H,3,4,5);/q;;+1/p-1. The van der Waals surface area contributed by atoms with Gasteiger partial charge in [-0.05, 0) is 0 Å². The van der Waals surface area contributed by atoms with Gasteiger partial charge in [-0.2, -0.15) is 0 Å². The van der Waals surface area contributed by atoms with Gasteiger partial charge in [0, 0.05) is 18.8 Å². The van der Waals surface area contributed by atoms with Gasteiger partial charge in [0.1, 0.15) is 0 Å². The van der Waals surface area contributed by atoms with Crippen molar-refractivity contribution in [2.75, 3.05) is 32.1 Å². The summed E-state index contributed by atoms with van der Waals surface area (Å²) in [4.78, 5) is 0. The summed E-state index contributed by atoms with van der Waals surface area (Å²) in [5, 5.41) is 3.16. The van der Waals surface area contributed by atoms with Gasteiger partial charge in [-0.3, -0.25) is 0 Å². The molecule has 0 saturated carbocycles. The number of ether oxygens (including phenoxy) is 1. The third kappa shape index (κ3) is 16.2. The summed E-state index contributed by atoms with van der Waals surface area (Å²) >= 11 is 0. The van der Waals surface area contributed by atoms with Crippen LogP contribution in [-0.2, 0) is 14.9 Å². The predicted octanol–water partition coefficient (Wildman–Crippen LogP) is -3.84. The Kier molecular flexibility index (Phi) is 13.0. The number of hydrogen-bond acceptors (Lipinski definition) is 5. The van der Waals surface area contributed by atoms with Gasteiger partial charge in [-0.15, -0.1) is 0 Å². The Morgan fingerprint density at radius 3 is 1.85 bits per heavy atom. The molecule has 0 amide bonds. The van der Waals surface area contributed by atoms with Crippen LogP contribution in [0.25, 0.3) is 0 Å². The van der Waals surface area contributed by atoms with E-state index in [1.165, 1.54) is 6.92 Å². The molecule has 0 radical (unpaired) electrons. The molecule has 1 aliphatic heterocycles. The van der Waals surface area contributed by atoms with Gasteiger partial charge >= 0.3 is 51.4 Å². The number of rotatable bonds is 1.